The largest absolute Gasteiger partial charge is 0.376 e. The van der Waals surface area contributed by atoms with Gasteiger partial charge in [0.1, 0.15) is 10.6 Å². The zero-order valence-electron chi connectivity index (χ0n) is 16.3. The van der Waals surface area contributed by atoms with Gasteiger partial charge in [-0.05, 0) is 26.7 Å². The van der Waals surface area contributed by atoms with Crippen LogP contribution in [0.2, 0.25) is 0 Å². The van der Waals surface area contributed by atoms with Gasteiger partial charge in [0, 0.05) is 43.7 Å². The van der Waals surface area contributed by atoms with Gasteiger partial charge in [-0.25, -0.2) is 4.31 Å². The number of piperidine rings is 1. The highest BCUT2D eigenvalue weighted by Crippen LogP contribution is 2.62. The van der Waals surface area contributed by atoms with E-state index in [9.17, 15) is 13.9 Å². The minimum atomic E-state index is -3.40. The first-order valence-corrected chi connectivity index (χ1v) is 11.1. The Balaban J connectivity index is 1.85. The fraction of sp³-hybridized carbons (Fsp3) is 0.500. The summed E-state index contributed by atoms with van der Waals surface area (Å²) >= 11 is 0. The van der Waals surface area contributed by atoms with Crippen molar-refractivity contribution in [3.8, 4) is 6.07 Å². The number of nitrogens with one attached hydrogen (secondary N) is 1. The molecule has 0 saturated carbocycles. The first-order valence-electron chi connectivity index (χ1n) is 9.63. The van der Waals surface area contributed by atoms with Gasteiger partial charge in [-0.15, -0.1) is 0 Å². The highest BCUT2D eigenvalue weighted by Gasteiger charge is 2.46. The fourth-order valence-electron chi connectivity index (χ4n) is 3.82. The number of amides is 1. The van der Waals surface area contributed by atoms with Gasteiger partial charge in [-0.2, -0.15) is 5.26 Å². The van der Waals surface area contributed by atoms with E-state index in [4.69, 9.17) is 5.26 Å². The minimum Gasteiger partial charge on any atom is -0.376 e. The van der Waals surface area contributed by atoms with Gasteiger partial charge < -0.3 is 10.2 Å². The quantitative estimate of drug-likeness (QED) is 0.673. The molecule has 1 aromatic carbocycles. The van der Waals surface area contributed by atoms with Crippen LogP contribution in [0.1, 0.15) is 38.7 Å². The average molecular weight is 405 g/mol. The molecular weight excluding hydrogens is 376 g/mol. The van der Waals surface area contributed by atoms with Gasteiger partial charge >= 0.3 is 0 Å². The summed E-state index contributed by atoms with van der Waals surface area (Å²) in [5, 5.41) is 12.1. The Kier molecular flexibility index (Phi) is 6.30. The summed E-state index contributed by atoms with van der Waals surface area (Å²) in [7, 11) is -3.40. The molecule has 0 bridgehead atoms. The lowest BCUT2D eigenvalue weighted by atomic mass is 10.0. The molecule has 0 atom stereocenters. The lowest BCUT2D eigenvalue weighted by molar-refractivity contribution is -0.123. The van der Waals surface area contributed by atoms with Crippen molar-refractivity contribution in [1.29, 1.82) is 5.26 Å². The maximum atomic E-state index is 13.1. The molecule has 152 valence electrons. The van der Waals surface area contributed by atoms with Crippen LogP contribution in [-0.2, 0) is 4.79 Å². The Labute approximate surface area is 168 Å². The molecule has 2 aliphatic heterocycles. The van der Waals surface area contributed by atoms with Gasteiger partial charge in [0.05, 0.1) is 6.07 Å². The zero-order valence-corrected chi connectivity index (χ0v) is 17.2. The zero-order chi connectivity index (χ0) is 20.3. The molecule has 1 aromatic rings. The summed E-state index contributed by atoms with van der Waals surface area (Å²) in [5.41, 5.74) is 0.948. The van der Waals surface area contributed by atoms with Gasteiger partial charge in [0.25, 0.3) is 5.91 Å². The van der Waals surface area contributed by atoms with E-state index in [-0.39, 0.29) is 18.0 Å². The topological polar surface area (TPSA) is 99.8 Å². The van der Waals surface area contributed by atoms with Gasteiger partial charge in [0.15, 0.2) is 0 Å². The first kappa shape index (κ1) is 20.7. The first-order chi connectivity index (χ1) is 13.4. The van der Waals surface area contributed by atoms with E-state index in [1.54, 1.807) is 26.0 Å². The third-order valence-electron chi connectivity index (χ3n) is 5.17. The maximum absolute atomic E-state index is 13.1. The molecule has 0 aliphatic carbocycles. The van der Waals surface area contributed by atoms with Crippen LogP contribution in [0.4, 0.5) is 0 Å². The Bertz CT molecular complexity index is 780. The Morgan fingerprint density at radius 2 is 1.89 bits per heavy atom. The molecule has 7 nitrogen and oxygen atoms in total. The number of nitrogens with zero attached hydrogens (tertiary/aromatic N) is 3. The standard InChI is InChI=1S/C20H28N4O3S/c1-15(2)24-20(25)18(19(28(24,26)27)16-7-4-3-5-8-16)22-17-9-13-23(14-10-17)12-6-11-21/h3-5,7-8,15,17,22,26-27H,6,9-10,12-14H2,1-2H3. The van der Waals surface area contributed by atoms with Crippen LogP contribution >= 0.6 is 10.8 Å². The highest BCUT2D eigenvalue weighted by molar-refractivity contribution is 8.31. The molecular formula is C20H28N4O3S. The van der Waals surface area contributed by atoms with E-state index < -0.39 is 10.8 Å². The Hall–Kier alpha value is -2.05. The van der Waals surface area contributed by atoms with Crippen LogP contribution < -0.4 is 5.32 Å². The molecule has 1 amide bonds. The SMILES string of the molecule is CC(C)N1C(=O)C(NC2CCN(CCC#N)CC2)=C(c2ccccc2)S1(O)O. The molecule has 3 rings (SSSR count). The van der Waals surface area contributed by atoms with Crippen molar-refractivity contribution in [1.82, 2.24) is 14.5 Å². The second kappa shape index (κ2) is 8.53. The highest BCUT2D eigenvalue weighted by atomic mass is 32.3. The number of hydrogen-bond donors (Lipinski definition) is 3. The molecule has 28 heavy (non-hydrogen) atoms. The Morgan fingerprint density at radius 3 is 2.46 bits per heavy atom. The van der Waals surface area contributed by atoms with Crippen molar-refractivity contribution >= 4 is 21.6 Å². The smallest absolute Gasteiger partial charge is 0.290 e. The number of hydrogen-bond acceptors (Lipinski definition) is 6. The predicted molar refractivity (Wildman–Crippen MR) is 111 cm³/mol. The summed E-state index contributed by atoms with van der Waals surface area (Å²) in [6, 6.07) is 11.0. The summed E-state index contributed by atoms with van der Waals surface area (Å²) < 4.78 is 23.1. The van der Waals surface area contributed by atoms with Crippen LogP contribution in [0, 0.1) is 11.3 Å². The molecule has 1 fully saturated rings. The number of carbonyl (C=O) groups is 1. The van der Waals surface area contributed by atoms with Crippen molar-refractivity contribution in [2.75, 3.05) is 19.6 Å². The number of rotatable bonds is 6. The van der Waals surface area contributed by atoms with Crippen LogP contribution in [-0.4, -0.2) is 55.9 Å². The molecule has 2 heterocycles. The summed E-state index contributed by atoms with van der Waals surface area (Å²) in [5.74, 6) is -0.360. The van der Waals surface area contributed by atoms with Crippen molar-refractivity contribution < 1.29 is 13.9 Å². The number of nitriles is 1. The van der Waals surface area contributed by atoms with E-state index in [0.29, 0.717) is 22.6 Å². The monoisotopic (exact) mass is 404 g/mol. The maximum Gasteiger partial charge on any atom is 0.290 e. The van der Waals surface area contributed by atoms with Gasteiger partial charge in [-0.3, -0.25) is 13.9 Å². The van der Waals surface area contributed by atoms with Crippen molar-refractivity contribution in [3.05, 3.63) is 41.6 Å². The number of likely N-dealkylation sites (tertiary alicyclic amines) is 1. The van der Waals surface area contributed by atoms with Crippen LogP contribution in [0.3, 0.4) is 0 Å². The summed E-state index contributed by atoms with van der Waals surface area (Å²) in [4.78, 5) is 15.6. The predicted octanol–water partition coefficient (Wildman–Crippen LogP) is 3.24. The minimum absolute atomic E-state index is 0.0818. The molecule has 8 heteroatoms. The number of carbonyl (C=O) groups excluding carboxylic acids is 1. The third-order valence-corrected chi connectivity index (χ3v) is 7.29. The van der Waals surface area contributed by atoms with Crippen molar-refractivity contribution in [3.63, 3.8) is 0 Å². The molecule has 3 N–H and O–H groups in total. The van der Waals surface area contributed by atoms with E-state index in [1.165, 1.54) is 4.31 Å². The third kappa shape index (κ3) is 4.03. The summed E-state index contributed by atoms with van der Waals surface area (Å²) in [6.07, 6.45) is 2.19. The lowest BCUT2D eigenvalue weighted by Crippen LogP contribution is -2.44. The van der Waals surface area contributed by atoms with E-state index >= 15 is 0 Å². The van der Waals surface area contributed by atoms with Crippen LogP contribution in [0.25, 0.3) is 4.91 Å². The van der Waals surface area contributed by atoms with Gasteiger partial charge in [0.2, 0.25) is 0 Å². The summed E-state index contributed by atoms with van der Waals surface area (Å²) in [6.45, 7) is 6.04. The van der Waals surface area contributed by atoms with Crippen molar-refractivity contribution in [2.45, 2.75) is 45.2 Å². The van der Waals surface area contributed by atoms with E-state index in [1.807, 2.05) is 18.2 Å². The number of benzene rings is 1. The molecule has 1 saturated heterocycles. The van der Waals surface area contributed by atoms with Crippen molar-refractivity contribution in [2.24, 2.45) is 0 Å². The normalized spacial score (nSPS) is 21.9. The van der Waals surface area contributed by atoms with E-state index in [2.05, 4.69) is 16.3 Å². The van der Waals surface area contributed by atoms with Crippen LogP contribution in [0.15, 0.2) is 36.0 Å². The fourth-order valence-corrected chi connectivity index (χ4v) is 5.80. The lowest BCUT2D eigenvalue weighted by Gasteiger charge is -2.40. The second-order valence-electron chi connectivity index (χ2n) is 7.48. The van der Waals surface area contributed by atoms with E-state index in [0.717, 1.165) is 32.5 Å². The molecule has 0 unspecified atom stereocenters. The second-order valence-corrected chi connectivity index (χ2v) is 9.32. The average Bonchev–Trinajstić information content (AvgIpc) is 2.86. The molecule has 0 spiro atoms. The molecule has 0 radical (unpaired) electrons. The van der Waals surface area contributed by atoms with Gasteiger partial charge in [-0.1, -0.05) is 41.1 Å². The molecule has 0 aromatic heterocycles. The Morgan fingerprint density at radius 1 is 1.25 bits per heavy atom. The molecule has 2 aliphatic rings. The van der Waals surface area contributed by atoms with Crippen LogP contribution in [0.5, 0.6) is 0 Å².